The molecule has 0 saturated heterocycles. The zero-order chi connectivity index (χ0) is 19.1. The van der Waals surface area contributed by atoms with Crippen LogP contribution in [0.1, 0.15) is 50.1 Å². The maximum atomic E-state index is 4.99. The molecule has 2 aromatic rings. The molecule has 4 heteroatoms. The molecule has 0 aliphatic rings. The van der Waals surface area contributed by atoms with Crippen molar-refractivity contribution in [3.8, 4) is 11.8 Å². The number of aromatic nitrogens is 2. The van der Waals surface area contributed by atoms with Crippen LogP contribution >= 0.6 is 0 Å². The molecule has 0 aromatic carbocycles. The summed E-state index contributed by atoms with van der Waals surface area (Å²) >= 11 is 0. The summed E-state index contributed by atoms with van der Waals surface area (Å²) in [6.45, 7) is 16.0. The Bertz CT molecular complexity index is 570. The molecule has 0 radical (unpaired) electrons. The van der Waals surface area contributed by atoms with E-state index in [0.29, 0.717) is 11.8 Å². The van der Waals surface area contributed by atoms with Gasteiger partial charge in [-0.2, -0.15) is 0 Å². The van der Waals surface area contributed by atoms with E-state index in [1.807, 2.05) is 73.6 Å². The van der Waals surface area contributed by atoms with Crippen molar-refractivity contribution >= 4 is 0 Å². The van der Waals surface area contributed by atoms with Crippen LogP contribution in [0.5, 0.6) is 11.8 Å². The van der Waals surface area contributed by atoms with E-state index < -0.39 is 0 Å². The average Bonchev–Trinajstić information content (AvgIpc) is 2.61. The first kappa shape index (κ1) is 24.2. The van der Waals surface area contributed by atoms with Gasteiger partial charge in [0.2, 0.25) is 11.8 Å². The van der Waals surface area contributed by atoms with Gasteiger partial charge in [-0.3, -0.25) is 0 Å². The minimum absolute atomic E-state index is 0.683. The van der Waals surface area contributed by atoms with E-state index in [0.717, 1.165) is 11.3 Å². The van der Waals surface area contributed by atoms with E-state index in [4.69, 9.17) is 9.47 Å². The van der Waals surface area contributed by atoms with Crippen LogP contribution in [0.3, 0.4) is 0 Å². The molecule has 0 bridgehead atoms. The van der Waals surface area contributed by atoms with Crippen LogP contribution in [-0.2, 0) is 0 Å². The zero-order valence-electron chi connectivity index (χ0n) is 17.0. The molecule has 2 aromatic heterocycles. The number of rotatable bonds is 2. The van der Waals surface area contributed by atoms with Crippen LogP contribution in [-0.4, -0.2) is 24.2 Å². The summed E-state index contributed by atoms with van der Waals surface area (Å²) in [5.74, 6) is 1.40. The Labute approximate surface area is 148 Å². The first-order valence-electron chi connectivity index (χ1n) is 8.43. The molecule has 0 atom stereocenters. The van der Waals surface area contributed by atoms with Gasteiger partial charge in [0.1, 0.15) is 0 Å². The Morgan fingerprint density at radius 1 is 0.792 bits per heavy atom. The lowest BCUT2D eigenvalue weighted by atomic mass is 10.2. The van der Waals surface area contributed by atoms with Crippen LogP contribution in [0.15, 0.2) is 24.4 Å². The third kappa shape index (κ3) is 9.13. The van der Waals surface area contributed by atoms with Crippen molar-refractivity contribution in [2.45, 2.75) is 55.4 Å². The Morgan fingerprint density at radius 2 is 1.38 bits per heavy atom. The van der Waals surface area contributed by atoms with Crippen molar-refractivity contribution in [3.63, 3.8) is 0 Å². The highest BCUT2D eigenvalue weighted by molar-refractivity contribution is 5.27. The SMILES string of the molecule is CC.CC.COc1ccc(C)c(C)n1.COc1ncc(C)cc1C. The van der Waals surface area contributed by atoms with E-state index >= 15 is 0 Å². The van der Waals surface area contributed by atoms with E-state index in [1.54, 1.807) is 20.4 Å². The van der Waals surface area contributed by atoms with Gasteiger partial charge >= 0.3 is 0 Å². The second-order valence-corrected chi connectivity index (χ2v) is 4.59. The fourth-order valence-electron chi connectivity index (χ4n) is 1.64. The Balaban J connectivity index is 0. The minimum Gasteiger partial charge on any atom is -0.481 e. The van der Waals surface area contributed by atoms with Gasteiger partial charge in [0.05, 0.1) is 14.2 Å². The molecule has 0 saturated carbocycles. The highest BCUT2D eigenvalue weighted by Gasteiger charge is 1.96. The smallest absolute Gasteiger partial charge is 0.215 e. The maximum absolute atomic E-state index is 4.99. The molecular weight excluding hydrogens is 300 g/mol. The standard InChI is InChI=1S/2C8H11NO.2C2H6/c1-6-4-7(2)8(10-3)9-5-6;1-6-4-5-8(10-3)9-7(6)2;2*1-2/h2*4-5H,1-3H3;2*1-2H3. The summed E-state index contributed by atoms with van der Waals surface area (Å²) < 4.78 is 9.93. The van der Waals surface area contributed by atoms with E-state index in [2.05, 4.69) is 9.97 Å². The van der Waals surface area contributed by atoms with Crippen LogP contribution in [0, 0.1) is 27.7 Å². The molecule has 0 N–H and O–H groups in total. The Hall–Kier alpha value is -2.10. The molecule has 2 rings (SSSR count). The molecule has 0 aliphatic heterocycles. The van der Waals surface area contributed by atoms with Crippen molar-refractivity contribution in [1.29, 1.82) is 0 Å². The molecule has 0 spiro atoms. The quantitative estimate of drug-likeness (QED) is 0.731. The third-order valence-electron chi connectivity index (χ3n) is 2.89. The first-order chi connectivity index (χ1) is 11.5. The molecular formula is C20H34N2O2. The predicted octanol–water partition coefficient (Wildman–Crippen LogP) is 5.47. The predicted molar refractivity (Wildman–Crippen MR) is 103 cm³/mol. The summed E-state index contributed by atoms with van der Waals surface area (Å²) in [6.07, 6.45) is 1.80. The molecule has 0 aliphatic carbocycles. The van der Waals surface area contributed by atoms with Gasteiger partial charge in [-0.15, -0.1) is 0 Å². The lowest BCUT2D eigenvalue weighted by molar-refractivity contribution is 0.394. The average molecular weight is 335 g/mol. The summed E-state index contributed by atoms with van der Waals surface area (Å²) in [4.78, 5) is 8.24. The summed E-state index contributed by atoms with van der Waals surface area (Å²) in [7, 11) is 3.25. The van der Waals surface area contributed by atoms with Crippen molar-refractivity contribution in [2.24, 2.45) is 0 Å². The van der Waals surface area contributed by atoms with Crippen LogP contribution in [0.25, 0.3) is 0 Å². The van der Waals surface area contributed by atoms with Crippen molar-refractivity contribution < 1.29 is 9.47 Å². The Morgan fingerprint density at radius 3 is 1.79 bits per heavy atom. The molecule has 24 heavy (non-hydrogen) atoms. The van der Waals surface area contributed by atoms with E-state index in [9.17, 15) is 0 Å². The molecule has 4 nitrogen and oxygen atoms in total. The third-order valence-corrected chi connectivity index (χ3v) is 2.89. The number of pyridine rings is 2. The first-order valence-corrected chi connectivity index (χ1v) is 8.43. The van der Waals surface area contributed by atoms with Crippen molar-refractivity contribution in [1.82, 2.24) is 9.97 Å². The van der Waals surface area contributed by atoms with Crippen LogP contribution in [0.2, 0.25) is 0 Å². The highest BCUT2D eigenvalue weighted by Crippen LogP contribution is 2.13. The number of nitrogens with zero attached hydrogens (tertiary/aromatic N) is 2. The molecule has 136 valence electrons. The fourth-order valence-corrected chi connectivity index (χ4v) is 1.64. The highest BCUT2D eigenvalue weighted by atomic mass is 16.5. The van der Waals surface area contributed by atoms with Gasteiger partial charge in [0.15, 0.2) is 0 Å². The summed E-state index contributed by atoms with van der Waals surface area (Å²) in [5.41, 5.74) is 4.47. The van der Waals surface area contributed by atoms with Gasteiger partial charge < -0.3 is 9.47 Å². The van der Waals surface area contributed by atoms with E-state index in [-0.39, 0.29) is 0 Å². The van der Waals surface area contributed by atoms with Crippen molar-refractivity contribution in [2.75, 3.05) is 14.2 Å². The molecule has 0 fully saturated rings. The molecule has 0 unspecified atom stereocenters. The lowest BCUT2D eigenvalue weighted by Crippen LogP contribution is -1.91. The van der Waals surface area contributed by atoms with E-state index in [1.165, 1.54) is 11.1 Å². The van der Waals surface area contributed by atoms with Crippen LogP contribution < -0.4 is 9.47 Å². The number of ether oxygens (including phenoxy) is 2. The van der Waals surface area contributed by atoms with Gasteiger partial charge in [-0.05, 0) is 44.9 Å². The second-order valence-electron chi connectivity index (χ2n) is 4.59. The Kier molecular flexibility index (Phi) is 14.6. The topological polar surface area (TPSA) is 44.2 Å². The second kappa shape index (κ2) is 14.5. The van der Waals surface area contributed by atoms with Crippen LogP contribution in [0.4, 0.5) is 0 Å². The molecule has 2 heterocycles. The number of hydrogen-bond acceptors (Lipinski definition) is 4. The number of aryl methyl sites for hydroxylation is 4. The number of hydrogen-bond donors (Lipinski definition) is 0. The van der Waals surface area contributed by atoms with Gasteiger partial charge in [-0.25, -0.2) is 9.97 Å². The zero-order valence-corrected chi connectivity index (χ0v) is 17.0. The monoisotopic (exact) mass is 334 g/mol. The largest absolute Gasteiger partial charge is 0.481 e. The van der Waals surface area contributed by atoms with Gasteiger partial charge in [-0.1, -0.05) is 33.8 Å². The summed E-state index contributed by atoms with van der Waals surface area (Å²) in [6, 6.07) is 5.91. The number of methoxy groups -OCH3 is 2. The maximum Gasteiger partial charge on any atom is 0.215 e. The summed E-state index contributed by atoms with van der Waals surface area (Å²) in [5, 5.41) is 0. The fraction of sp³-hybridized carbons (Fsp3) is 0.500. The van der Waals surface area contributed by atoms with Gasteiger partial charge in [0, 0.05) is 23.5 Å². The molecule has 0 amide bonds. The normalized spacial score (nSPS) is 8.42. The van der Waals surface area contributed by atoms with Gasteiger partial charge in [0.25, 0.3) is 0 Å². The lowest BCUT2D eigenvalue weighted by Gasteiger charge is -2.01. The van der Waals surface area contributed by atoms with Crippen molar-refractivity contribution in [3.05, 3.63) is 46.8 Å². The minimum atomic E-state index is 0.683.